The maximum Gasteiger partial charge on any atom is 0.257 e. The number of amides is 4. The average Bonchev–Trinajstić information content (AvgIpc) is 2.83. The van der Waals surface area contributed by atoms with Crippen LogP contribution in [-0.2, 0) is 19.2 Å². The zero-order chi connectivity index (χ0) is 19.9. The van der Waals surface area contributed by atoms with Crippen molar-refractivity contribution >= 4 is 23.6 Å². The molecule has 0 bridgehead atoms. The van der Waals surface area contributed by atoms with Crippen LogP contribution >= 0.6 is 0 Å². The summed E-state index contributed by atoms with van der Waals surface area (Å²) >= 11 is 0. The molecule has 2 rings (SSSR count). The van der Waals surface area contributed by atoms with Crippen LogP contribution in [0.15, 0.2) is 22.3 Å². The van der Waals surface area contributed by atoms with Gasteiger partial charge in [0.2, 0.25) is 0 Å². The zero-order valence-corrected chi connectivity index (χ0v) is 16.0. The lowest BCUT2D eigenvalue weighted by Gasteiger charge is -2.19. The van der Waals surface area contributed by atoms with Gasteiger partial charge in [0.1, 0.15) is 11.1 Å². The second-order valence-electron chi connectivity index (χ2n) is 7.67. The van der Waals surface area contributed by atoms with Crippen LogP contribution in [0.5, 0.6) is 0 Å². The average molecular weight is 362 g/mol. The molecule has 142 valence electrons. The molecular weight excluding hydrogens is 336 g/mol. The Labute approximate surface area is 152 Å². The molecule has 0 unspecified atom stereocenters. The van der Waals surface area contributed by atoms with Crippen molar-refractivity contribution in [2.45, 2.75) is 52.6 Å². The monoisotopic (exact) mass is 362 g/mol. The fourth-order valence-electron chi connectivity index (χ4n) is 2.92. The molecule has 8 nitrogen and oxygen atoms in total. The maximum atomic E-state index is 12.2. The number of carbonyl (C=O) groups is 4. The Morgan fingerprint density at radius 3 is 1.31 bits per heavy atom. The third kappa shape index (κ3) is 3.49. The Kier molecular flexibility index (Phi) is 4.98. The Bertz CT molecular complexity index is 695. The van der Waals surface area contributed by atoms with Gasteiger partial charge in [-0.3, -0.25) is 19.2 Å². The van der Waals surface area contributed by atoms with Gasteiger partial charge in [-0.25, -0.2) is 0 Å². The minimum atomic E-state index is -0.551. The molecule has 0 aliphatic carbocycles. The summed E-state index contributed by atoms with van der Waals surface area (Å²) in [6, 6.07) is 0. The first-order valence-corrected chi connectivity index (χ1v) is 8.52. The molecular formula is C18H26N4O4. The molecule has 0 fully saturated rings. The van der Waals surface area contributed by atoms with Gasteiger partial charge in [-0.2, -0.15) is 0 Å². The molecule has 0 aromatic rings. The highest BCUT2D eigenvalue weighted by atomic mass is 16.2. The summed E-state index contributed by atoms with van der Waals surface area (Å²) in [5.74, 6) is -1.76. The van der Waals surface area contributed by atoms with E-state index >= 15 is 0 Å². The van der Waals surface area contributed by atoms with Crippen LogP contribution in [0.4, 0.5) is 0 Å². The Balaban J connectivity index is 1.90. The summed E-state index contributed by atoms with van der Waals surface area (Å²) < 4.78 is 0. The molecule has 2 heterocycles. The second-order valence-corrected chi connectivity index (χ2v) is 7.67. The summed E-state index contributed by atoms with van der Waals surface area (Å²) in [5, 5.41) is 10.7. The third-order valence-electron chi connectivity index (χ3n) is 5.08. The summed E-state index contributed by atoms with van der Waals surface area (Å²) in [5.41, 5.74) is 0.466. The fraction of sp³-hybridized carbons (Fsp3) is 0.556. The summed E-state index contributed by atoms with van der Waals surface area (Å²) in [7, 11) is 0. The van der Waals surface area contributed by atoms with Crippen molar-refractivity contribution in [2.24, 2.45) is 0 Å². The highest BCUT2D eigenvalue weighted by Gasteiger charge is 2.39. The molecule has 4 N–H and O–H groups in total. The van der Waals surface area contributed by atoms with E-state index in [-0.39, 0.29) is 24.2 Å². The van der Waals surface area contributed by atoms with Gasteiger partial charge in [0.05, 0.1) is 11.1 Å². The van der Waals surface area contributed by atoms with Crippen LogP contribution < -0.4 is 21.3 Å². The lowest BCUT2D eigenvalue weighted by molar-refractivity contribution is -0.125. The van der Waals surface area contributed by atoms with Gasteiger partial charge in [0.15, 0.2) is 0 Å². The van der Waals surface area contributed by atoms with Crippen molar-refractivity contribution in [1.29, 1.82) is 0 Å². The van der Waals surface area contributed by atoms with Gasteiger partial charge in [0.25, 0.3) is 23.6 Å². The van der Waals surface area contributed by atoms with Crippen LogP contribution in [0.2, 0.25) is 0 Å². The molecule has 0 spiro atoms. The molecule has 26 heavy (non-hydrogen) atoms. The van der Waals surface area contributed by atoms with E-state index in [9.17, 15) is 19.2 Å². The van der Waals surface area contributed by atoms with E-state index in [0.29, 0.717) is 11.1 Å². The number of nitrogens with one attached hydrogen (secondary N) is 4. The molecule has 4 amide bonds. The minimum Gasteiger partial charge on any atom is -0.350 e. The van der Waals surface area contributed by atoms with Crippen LogP contribution in [0, 0.1) is 0 Å². The van der Waals surface area contributed by atoms with Gasteiger partial charge in [-0.15, -0.1) is 0 Å². The predicted octanol–water partition coefficient (Wildman–Crippen LogP) is -0.331. The first kappa shape index (κ1) is 19.7. The first-order chi connectivity index (χ1) is 11.9. The first-order valence-electron chi connectivity index (χ1n) is 8.52. The largest absolute Gasteiger partial charge is 0.350 e. The Hall–Kier alpha value is -2.64. The topological polar surface area (TPSA) is 116 Å². The van der Waals surface area contributed by atoms with Gasteiger partial charge >= 0.3 is 0 Å². The van der Waals surface area contributed by atoms with Crippen molar-refractivity contribution in [3.8, 4) is 0 Å². The Morgan fingerprint density at radius 1 is 0.769 bits per heavy atom. The lowest BCUT2D eigenvalue weighted by Crippen LogP contribution is -2.40. The molecule has 0 saturated carbocycles. The van der Waals surface area contributed by atoms with E-state index in [1.54, 1.807) is 13.8 Å². The third-order valence-corrected chi connectivity index (χ3v) is 5.08. The summed E-state index contributed by atoms with van der Waals surface area (Å²) in [4.78, 5) is 48.3. The molecule has 2 aliphatic rings. The van der Waals surface area contributed by atoms with Gasteiger partial charge in [-0.05, 0) is 52.7 Å². The fourth-order valence-corrected chi connectivity index (χ4v) is 2.92. The Morgan fingerprint density at radius 2 is 1.08 bits per heavy atom. The minimum absolute atomic E-state index is 0.108. The number of hydrogen-bond donors (Lipinski definition) is 4. The molecule has 2 aliphatic heterocycles. The predicted molar refractivity (Wildman–Crippen MR) is 95.9 cm³/mol. The smallest absolute Gasteiger partial charge is 0.257 e. The highest BCUT2D eigenvalue weighted by molar-refractivity contribution is 6.22. The van der Waals surface area contributed by atoms with Crippen molar-refractivity contribution in [1.82, 2.24) is 21.3 Å². The van der Waals surface area contributed by atoms with E-state index in [1.807, 2.05) is 27.7 Å². The van der Waals surface area contributed by atoms with E-state index in [2.05, 4.69) is 21.3 Å². The van der Waals surface area contributed by atoms with Crippen molar-refractivity contribution < 1.29 is 19.2 Å². The lowest BCUT2D eigenvalue weighted by atomic mass is 9.95. The maximum absolute atomic E-state index is 12.2. The second kappa shape index (κ2) is 6.59. The van der Waals surface area contributed by atoms with Crippen LogP contribution in [0.25, 0.3) is 0 Å². The standard InChI is InChI=1S/C18H26N4O4/c1-9-11(15(25)21-17(9,3)4)13(23)19-7-8-20-14(24)12-10(2)18(5,6)22-16(12)26/h7-8H2,1-6H3,(H,19,23)(H,20,24)(H,21,25)(H,22,26). The molecule has 0 atom stereocenters. The van der Waals surface area contributed by atoms with Gasteiger partial charge in [0, 0.05) is 13.1 Å². The summed E-state index contributed by atoms with van der Waals surface area (Å²) in [6.45, 7) is 11.1. The molecule has 0 aromatic heterocycles. The van der Waals surface area contributed by atoms with Crippen LogP contribution in [-0.4, -0.2) is 47.8 Å². The summed E-state index contributed by atoms with van der Waals surface area (Å²) in [6.07, 6.45) is 0. The van der Waals surface area contributed by atoms with E-state index < -0.39 is 34.7 Å². The number of carbonyl (C=O) groups excluding carboxylic acids is 4. The van der Waals surface area contributed by atoms with Crippen LogP contribution in [0.1, 0.15) is 41.5 Å². The molecule has 8 heteroatoms. The number of rotatable bonds is 5. The zero-order valence-electron chi connectivity index (χ0n) is 16.0. The molecule has 0 saturated heterocycles. The van der Waals surface area contributed by atoms with Crippen molar-refractivity contribution in [3.05, 3.63) is 22.3 Å². The van der Waals surface area contributed by atoms with E-state index in [1.165, 1.54) is 0 Å². The van der Waals surface area contributed by atoms with E-state index in [0.717, 1.165) is 0 Å². The highest BCUT2D eigenvalue weighted by Crippen LogP contribution is 2.27. The van der Waals surface area contributed by atoms with Crippen LogP contribution in [0.3, 0.4) is 0 Å². The van der Waals surface area contributed by atoms with Gasteiger partial charge in [-0.1, -0.05) is 0 Å². The quantitative estimate of drug-likeness (QED) is 0.396. The number of hydrogen-bond acceptors (Lipinski definition) is 4. The molecule has 0 aromatic carbocycles. The molecule has 0 radical (unpaired) electrons. The normalized spacial score (nSPS) is 20.8. The van der Waals surface area contributed by atoms with Crippen molar-refractivity contribution in [2.75, 3.05) is 13.1 Å². The van der Waals surface area contributed by atoms with Gasteiger partial charge < -0.3 is 21.3 Å². The SMILES string of the molecule is CC1=C(C(=O)NCCNC(=O)C2=C(C)C(C)(C)NC2=O)C(=O)NC1(C)C. The van der Waals surface area contributed by atoms with Crippen molar-refractivity contribution in [3.63, 3.8) is 0 Å². The van der Waals surface area contributed by atoms with E-state index in [4.69, 9.17) is 0 Å².